The van der Waals surface area contributed by atoms with Crippen LogP contribution in [0.15, 0.2) is 54.6 Å². The third-order valence-corrected chi connectivity index (χ3v) is 5.86. The molecule has 0 saturated carbocycles. The molecule has 3 atom stereocenters. The molecule has 4 amide bonds. The summed E-state index contributed by atoms with van der Waals surface area (Å²) in [5, 5.41) is 28.5. The van der Waals surface area contributed by atoms with E-state index in [2.05, 4.69) is 21.3 Å². The topological polar surface area (TPSA) is 200 Å². The highest BCUT2D eigenvalue weighted by Gasteiger charge is 2.25. The first kappa shape index (κ1) is 31.8. The summed E-state index contributed by atoms with van der Waals surface area (Å²) >= 11 is 0. The Morgan fingerprint density at radius 3 is 1.93 bits per heavy atom. The number of aliphatic carboxylic acids is 1. The summed E-state index contributed by atoms with van der Waals surface area (Å²) in [5.41, 5.74) is 7.34. The number of benzene rings is 2. The third kappa shape index (κ3) is 11.5. The number of carbonyl (C=O) groups excluding carboxylic acids is 4. The van der Waals surface area contributed by atoms with Gasteiger partial charge in [0.1, 0.15) is 17.8 Å². The van der Waals surface area contributed by atoms with E-state index in [1.165, 1.54) is 24.3 Å². The minimum Gasteiger partial charge on any atom is -0.508 e. The fourth-order valence-electron chi connectivity index (χ4n) is 3.80. The molecule has 0 heterocycles. The van der Waals surface area contributed by atoms with Crippen molar-refractivity contribution in [2.24, 2.45) is 11.7 Å². The molecule has 0 aliphatic carbocycles. The van der Waals surface area contributed by atoms with Crippen molar-refractivity contribution in [1.29, 1.82) is 0 Å². The van der Waals surface area contributed by atoms with Gasteiger partial charge in [0.25, 0.3) is 0 Å². The summed E-state index contributed by atoms with van der Waals surface area (Å²) in [6, 6.07) is 11.9. The minimum absolute atomic E-state index is 0.0259. The van der Waals surface area contributed by atoms with Gasteiger partial charge in [0, 0.05) is 12.8 Å². The Bertz CT molecular complexity index is 1160. The van der Waals surface area contributed by atoms with Gasteiger partial charge >= 0.3 is 5.97 Å². The molecule has 0 spiro atoms. The first-order chi connectivity index (χ1) is 18.9. The van der Waals surface area contributed by atoms with Crippen LogP contribution >= 0.6 is 0 Å². The highest BCUT2D eigenvalue weighted by Crippen LogP contribution is 2.11. The zero-order valence-corrected chi connectivity index (χ0v) is 22.6. The maximum Gasteiger partial charge on any atom is 0.326 e. The maximum absolute atomic E-state index is 12.9. The number of aromatic hydroxyl groups is 1. The van der Waals surface area contributed by atoms with E-state index in [0.29, 0.717) is 12.0 Å². The number of nitrogens with two attached hydrogens (primary N) is 1. The average Bonchev–Trinajstić information content (AvgIpc) is 2.91. The van der Waals surface area contributed by atoms with Crippen LogP contribution in [-0.4, -0.2) is 71.0 Å². The summed E-state index contributed by atoms with van der Waals surface area (Å²) in [6.45, 7) is 2.87. The van der Waals surface area contributed by atoms with Crippen LogP contribution in [0.2, 0.25) is 0 Å². The third-order valence-electron chi connectivity index (χ3n) is 5.86. The Morgan fingerprint density at radius 1 is 0.750 bits per heavy atom. The Kier molecular flexibility index (Phi) is 12.6. The zero-order chi connectivity index (χ0) is 29.7. The van der Waals surface area contributed by atoms with E-state index < -0.39 is 60.8 Å². The highest BCUT2D eigenvalue weighted by atomic mass is 16.4. The van der Waals surface area contributed by atoms with E-state index in [-0.39, 0.29) is 24.5 Å². The number of hydrogen-bond acceptors (Lipinski definition) is 7. The number of carboxylic acids is 1. The van der Waals surface area contributed by atoms with Gasteiger partial charge in [-0.2, -0.15) is 0 Å². The number of amides is 4. The fourth-order valence-corrected chi connectivity index (χ4v) is 3.80. The van der Waals surface area contributed by atoms with E-state index in [0.717, 1.165) is 5.56 Å². The molecular weight excluding hydrogens is 518 g/mol. The normalized spacial score (nSPS) is 13.0. The second-order valence-corrected chi connectivity index (χ2v) is 9.81. The van der Waals surface area contributed by atoms with Gasteiger partial charge in [-0.05, 0) is 35.6 Å². The summed E-state index contributed by atoms with van der Waals surface area (Å²) in [4.78, 5) is 61.5. The van der Waals surface area contributed by atoms with Crippen molar-refractivity contribution in [3.63, 3.8) is 0 Å². The van der Waals surface area contributed by atoms with Crippen LogP contribution in [-0.2, 0) is 36.8 Å². The first-order valence-corrected chi connectivity index (χ1v) is 12.9. The van der Waals surface area contributed by atoms with Crippen molar-refractivity contribution in [3.8, 4) is 5.75 Å². The van der Waals surface area contributed by atoms with Crippen LogP contribution in [0.1, 0.15) is 31.4 Å². The van der Waals surface area contributed by atoms with Crippen LogP contribution in [0.25, 0.3) is 0 Å². The van der Waals surface area contributed by atoms with Crippen molar-refractivity contribution in [2.45, 2.75) is 51.2 Å². The predicted molar refractivity (Wildman–Crippen MR) is 147 cm³/mol. The monoisotopic (exact) mass is 555 g/mol. The number of nitrogens with one attached hydrogen (secondary N) is 4. The van der Waals surface area contributed by atoms with Crippen LogP contribution in [0.4, 0.5) is 0 Å². The van der Waals surface area contributed by atoms with Crippen molar-refractivity contribution in [1.82, 2.24) is 21.3 Å². The maximum atomic E-state index is 12.9. The molecule has 8 N–H and O–H groups in total. The molecule has 12 nitrogen and oxygen atoms in total. The van der Waals surface area contributed by atoms with Gasteiger partial charge in [0.2, 0.25) is 23.6 Å². The summed E-state index contributed by atoms with van der Waals surface area (Å²) in [5.74, 6) is -3.56. The standard InChI is InChI=1S/C28H37N5O7/c1-17(2)12-21(29)26(37)33-22(13-18-6-4-3-5-7-18)27(38)31-15-24(35)30-16-25(36)32-23(28(39)40)14-19-8-10-20(34)11-9-19/h3-11,17,21-23,34H,12-16,29H2,1-2H3,(H,30,35)(H,31,38)(H,32,36)(H,33,37)(H,39,40)/t21-,22-,23-/m1/s1. The second kappa shape index (κ2) is 15.8. The number of phenols is 1. The van der Waals surface area contributed by atoms with Crippen LogP contribution < -0.4 is 27.0 Å². The molecule has 12 heteroatoms. The zero-order valence-electron chi connectivity index (χ0n) is 22.6. The number of carbonyl (C=O) groups is 5. The quantitative estimate of drug-likeness (QED) is 0.157. The largest absolute Gasteiger partial charge is 0.508 e. The van der Waals surface area contributed by atoms with E-state index in [4.69, 9.17) is 5.73 Å². The first-order valence-electron chi connectivity index (χ1n) is 12.9. The lowest BCUT2D eigenvalue weighted by Crippen LogP contribution is -2.54. The van der Waals surface area contributed by atoms with E-state index in [1.807, 2.05) is 19.9 Å². The van der Waals surface area contributed by atoms with Gasteiger partial charge in [0.05, 0.1) is 19.1 Å². The molecule has 0 fully saturated rings. The lowest BCUT2D eigenvalue weighted by Gasteiger charge is -2.21. The molecule has 0 radical (unpaired) electrons. The van der Waals surface area contributed by atoms with Gasteiger partial charge in [-0.1, -0.05) is 56.3 Å². The van der Waals surface area contributed by atoms with Gasteiger partial charge in [-0.15, -0.1) is 0 Å². The van der Waals surface area contributed by atoms with Crippen molar-refractivity contribution in [2.75, 3.05) is 13.1 Å². The molecule has 40 heavy (non-hydrogen) atoms. The second-order valence-electron chi connectivity index (χ2n) is 9.81. The van der Waals surface area contributed by atoms with Gasteiger partial charge in [-0.25, -0.2) is 4.79 Å². The molecule has 0 bridgehead atoms. The van der Waals surface area contributed by atoms with Crippen molar-refractivity contribution < 1.29 is 34.2 Å². The molecule has 0 unspecified atom stereocenters. The molecule has 2 aromatic carbocycles. The van der Waals surface area contributed by atoms with E-state index >= 15 is 0 Å². The molecule has 216 valence electrons. The molecule has 0 aromatic heterocycles. The van der Waals surface area contributed by atoms with E-state index in [9.17, 15) is 34.2 Å². The fraction of sp³-hybridized carbons (Fsp3) is 0.393. The molecule has 0 aliphatic rings. The van der Waals surface area contributed by atoms with Gasteiger partial charge in [0.15, 0.2) is 0 Å². The minimum atomic E-state index is -1.26. The number of rotatable bonds is 15. The van der Waals surface area contributed by atoms with Gasteiger partial charge in [-0.3, -0.25) is 19.2 Å². The lowest BCUT2D eigenvalue weighted by molar-refractivity contribution is -0.141. The average molecular weight is 556 g/mol. The lowest BCUT2D eigenvalue weighted by atomic mass is 10.0. The Balaban J connectivity index is 1.88. The summed E-state index contributed by atoms with van der Waals surface area (Å²) < 4.78 is 0. The number of phenolic OH excluding ortho intramolecular Hbond substituents is 1. The molecule has 0 aliphatic heterocycles. The summed E-state index contributed by atoms with van der Waals surface area (Å²) in [7, 11) is 0. The number of hydrogen-bond donors (Lipinski definition) is 7. The van der Waals surface area contributed by atoms with Crippen LogP contribution in [0.3, 0.4) is 0 Å². The Labute approximate surface area is 232 Å². The molecule has 0 saturated heterocycles. The number of carboxylic acid groups (broad SMARTS) is 1. The Morgan fingerprint density at radius 2 is 1.32 bits per heavy atom. The van der Waals surface area contributed by atoms with Crippen LogP contribution in [0.5, 0.6) is 5.75 Å². The molecule has 2 rings (SSSR count). The SMILES string of the molecule is CC(C)C[C@@H](N)C(=O)N[C@H](Cc1ccccc1)C(=O)NCC(=O)NCC(=O)N[C@H](Cc1ccc(O)cc1)C(=O)O. The van der Waals surface area contributed by atoms with Crippen LogP contribution in [0, 0.1) is 5.92 Å². The van der Waals surface area contributed by atoms with Crippen molar-refractivity contribution in [3.05, 3.63) is 65.7 Å². The smallest absolute Gasteiger partial charge is 0.326 e. The predicted octanol–water partition coefficient (Wildman–Crippen LogP) is -0.163. The highest BCUT2D eigenvalue weighted by molar-refractivity contribution is 5.93. The van der Waals surface area contributed by atoms with Gasteiger partial charge < -0.3 is 37.2 Å². The van der Waals surface area contributed by atoms with Crippen molar-refractivity contribution >= 4 is 29.6 Å². The Hall–Kier alpha value is -4.45. The molecule has 2 aromatic rings. The van der Waals surface area contributed by atoms with E-state index in [1.54, 1.807) is 24.3 Å². The summed E-state index contributed by atoms with van der Waals surface area (Å²) in [6.07, 6.45) is 0.586. The molecular formula is C28H37N5O7.